The summed E-state index contributed by atoms with van der Waals surface area (Å²) in [5.74, 6) is 1.30. The first-order valence-electron chi connectivity index (χ1n) is 10.6. The van der Waals surface area contributed by atoms with Crippen molar-refractivity contribution in [1.29, 1.82) is 0 Å². The maximum Gasteiger partial charge on any atom is 0.161 e. The normalized spacial score (nSPS) is 11.4. The minimum atomic E-state index is -0.603. The van der Waals surface area contributed by atoms with Crippen LogP contribution < -0.4 is 14.8 Å². The zero-order valence-corrected chi connectivity index (χ0v) is 20.7. The Morgan fingerprint density at radius 3 is 1.88 bits per heavy atom. The van der Waals surface area contributed by atoms with Crippen molar-refractivity contribution < 1.29 is 14.6 Å². The summed E-state index contributed by atoms with van der Waals surface area (Å²) in [6.45, 7) is 2.27. The zero-order chi connectivity index (χ0) is 21.9. The highest BCUT2D eigenvalue weighted by Crippen LogP contribution is 2.27. The Kier molecular flexibility index (Phi) is 13.5. The van der Waals surface area contributed by atoms with Crippen molar-refractivity contribution >= 4 is 24.8 Å². The third-order valence-electron chi connectivity index (χ3n) is 5.19. The van der Waals surface area contributed by atoms with E-state index in [0.29, 0.717) is 18.0 Å². The molecule has 0 heterocycles. The van der Waals surface area contributed by atoms with Gasteiger partial charge in [0.2, 0.25) is 0 Å². The van der Waals surface area contributed by atoms with Crippen molar-refractivity contribution in [3.63, 3.8) is 0 Å². The Balaban J connectivity index is 0.00000272. The standard InChI is InChI=1S/C26H32N2O3.2ClH/c1-28(26(21-11-5-3-6-12-21)22-13-7-4-8-14-22)18-17-27-19-23(29)20-31-25-16-10-9-15-24(25)30-2;;/h3-16,23,26-27,29H,17-20H2,1-2H3;2*1H. The summed E-state index contributed by atoms with van der Waals surface area (Å²) in [7, 11) is 3.74. The quantitative estimate of drug-likeness (QED) is 0.362. The number of aliphatic hydroxyl groups excluding tert-OH is 1. The first-order chi connectivity index (χ1) is 15.2. The van der Waals surface area contributed by atoms with Crippen molar-refractivity contribution in [2.75, 3.05) is 40.4 Å². The smallest absolute Gasteiger partial charge is 0.161 e. The third-order valence-corrected chi connectivity index (χ3v) is 5.19. The Morgan fingerprint density at radius 2 is 1.33 bits per heavy atom. The predicted octanol–water partition coefficient (Wildman–Crippen LogP) is 4.59. The fourth-order valence-electron chi connectivity index (χ4n) is 3.61. The Bertz CT molecular complexity index is 861. The molecule has 3 rings (SSSR count). The van der Waals surface area contributed by atoms with Crippen LogP contribution in [0.1, 0.15) is 17.2 Å². The van der Waals surface area contributed by atoms with Gasteiger partial charge >= 0.3 is 0 Å². The van der Waals surface area contributed by atoms with Gasteiger partial charge in [-0.1, -0.05) is 72.8 Å². The molecule has 0 aliphatic rings. The minimum absolute atomic E-state index is 0. The molecule has 180 valence electrons. The largest absolute Gasteiger partial charge is 0.493 e. The molecular formula is C26H34Cl2N2O3. The summed E-state index contributed by atoms with van der Waals surface area (Å²) in [4.78, 5) is 2.33. The lowest BCUT2D eigenvalue weighted by Crippen LogP contribution is -2.37. The second kappa shape index (κ2) is 15.5. The summed E-state index contributed by atoms with van der Waals surface area (Å²) >= 11 is 0. The van der Waals surface area contributed by atoms with E-state index in [9.17, 15) is 5.11 Å². The summed E-state index contributed by atoms with van der Waals surface area (Å²) in [5, 5.41) is 13.6. The molecule has 1 unspecified atom stereocenters. The second-order valence-electron chi connectivity index (χ2n) is 7.52. The number of nitrogens with one attached hydrogen (secondary N) is 1. The molecule has 33 heavy (non-hydrogen) atoms. The molecule has 0 saturated carbocycles. The lowest BCUT2D eigenvalue weighted by Gasteiger charge is -2.29. The van der Waals surface area contributed by atoms with Crippen LogP contribution in [-0.4, -0.2) is 56.5 Å². The molecule has 3 aromatic carbocycles. The second-order valence-corrected chi connectivity index (χ2v) is 7.52. The lowest BCUT2D eigenvalue weighted by molar-refractivity contribution is 0.104. The molecule has 0 amide bonds. The zero-order valence-electron chi connectivity index (χ0n) is 19.1. The fourth-order valence-corrected chi connectivity index (χ4v) is 3.61. The number of halogens is 2. The molecule has 0 spiro atoms. The predicted molar refractivity (Wildman–Crippen MR) is 139 cm³/mol. The van der Waals surface area contributed by atoms with Gasteiger partial charge in [0.25, 0.3) is 0 Å². The van der Waals surface area contributed by atoms with Crippen LogP contribution >= 0.6 is 24.8 Å². The topological polar surface area (TPSA) is 54.0 Å². The Labute approximate surface area is 209 Å². The first-order valence-corrected chi connectivity index (χ1v) is 10.6. The molecule has 3 aromatic rings. The molecule has 0 radical (unpaired) electrons. The number of likely N-dealkylation sites (N-methyl/N-ethyl adjacent to an activating group) is 1. The van der Waals surface area contributed by atoms with Crippen molar-refractivity contribution in [2.24, 2.45) is 0 Å². The van der Waals surface area contributed by atoms with Crippen LogP contribution in [0.4, 0.5) is 0 Å². The van der Waals surface area contributed by atoms with Gasteiger partial charge in [0.05, 0.1) is 13.2 Å². The molecule has 7 heteroatoms. The molecule has 0 saturated heterocycles. The highest BCUT2D eigenvalue weighted by atomic mass is 35.5. The number of hydrogen-bond acceptors (Lipinski definition) is 5. The van der Waals surface area contributed by atoms with E-state index in [-0.39, 0.29) is 37.5 Å². The SMILES string of the molecule is COc1ccccc1OCC(O)CNCCN(C)C(c1ccccc1)c1ccccc1.Cl.Cl. The molecule has 0 aliphatic carbocycles. The number of methoxy groups -OCH3 is 1. The molecule has 0 aromatic heterocycles. The average molecular weight is 493 g/mol. The molecule has 1 atom stereocenters. The number of rotatable bonds is 12. The van der Waals surface area contributed by atoms with Gasteiger partial charge in [0.15, 0.2) is 11.5 Å². The van der Waals surface area contributed by atoms with E-state index in [1.165, 1.54) is 11.1 Å². The van der Waals surface area contributed by atoms with Gasteiger partial charge in [-0.15, -0.1) is 24.8 Å². The van der Waals surface area contributed by atoms with Crippen LogP contribution in [0, 0.1) is 0 Å². The molecule has 0 bridgehead atoms. The number of para-hydroxylation sites is 2. The van der Waals surface area contributed by atoms with Crippen LogP contribution in [0.3, 0.4) is 0 Å². The number of aliphatic hydroxyl groups is 1. The average Bonchev–Trinajstić information content (AvgIpc) is 2.82. The first kappa shape index (κ1) is 28.8. The molecular weight excluding hydrogens is 459 g/mol. The van der Waals surface area contributed by atoms with Crippen molar-refractivity contribution in [1.82, 2.24) is 10.2 Å². The summed E-state index contributed by atoms with van der Waals surface area (Å²) in [6.07, 6.45) is -0.603. The fraction of sp³-hybridized carbons (Fsp3) is 0.308. The van der Waals surface area contributed by atoms with Crippen LogP contribution in [-0.2, 0) is 0 Å². The van der Waals surface area contributed by atoms with Gasteiger partial charge in [0, 0.05) is 19.6 Å². The lowest BCUT2D eigenvalue weighted by atomic mass is 9.97. The summed E-state index contributed by atoms with van der Waals surface area (Å²) in [6, 6.07) is 28.7. The van der Waals surface area contributed by atoms with E-state index >= 15 is 0 Å². The Hall–Kier alpha value is -2.28. The van der Waals surface area contributed by atoms with E-state index in [0.717, 1.165) is 13.1 Å². The van der Waals surface area contributed by atoms with Crippen LogP contribution in [0.15, 0.2) is 84.9 Å². The van der Waals surface area contributed by atoms with Gasteiger partial charge < -0.3 is 19.9 Å². The molecule has 2 N–H and O–H groups in total. The van der Waals surface area contributed by atoms with E-state index in [1.54, 1.807) is 7.11 Å². The monoisotopic (exact) mass is 492 g/mol. The van der Waals surface area contributed by atoms with Crippen LogP contribution in [0.5, 0.6) is 11.5 Å². The van der Waals surface area contributed by atoms with E-state index in [4.69, 9.17) is 9.47 Å². The van der Waals surface area contributed by atoms with Gasteiger partial charge in [-0.25, -0.2) is 0 Å². The molecule has 5 nitrogen and oxygen atoms in total. The van der Waals surface area contributed by atoms with E-state index in [1.807, 2.05) is 36.4 Å². The Morgan fingerprint density at radius 1 is 0.818 bits per heavy atom. The number of ether oxygens (including phenoxy) is 2. The van der Waals surface area contributed by atoms with E-state index < -0.39 is 6.10 Å². The number of benzene rings is 3. The van der Waals surface area contributed by atoms with Crippen molar-refractivity contribution in [3.8, 4) is 11.5 Å². The number of hydrogen-bond donors (Lipinski definition) is 2. The van der Waals surface area contributed by atoms with Crippen LogP contribution in [0.2, 0.25) is 0 Å². The maximum atomic E-state index is 10.3. The molecule has 0 fully saturated rings. The van der Waals surface area contributed by atoms with Crippen molar-refractivity contribution in [2.45, 2.75) is 12.1 Å². The third kappa shape index (κ3) is 8.88. The van der Waals surface area contributed by atoms with E-state index in [2.05, 4.69) is 65.8 Å². The summed E-state index contributed by atoms with van der Waals surface area (Å²) in [5.41, 5.74) is 2.53. The highest BCUT2D eigenvalue weighted by Gasteiger charge is 2.18. The minimum Gasteiger partial charge on any atom is -0.493 e. The highest BCUT2D eigenvalue weighted by molar-refractivity contribution is 5.85. The van der Waals surface area contributed by atoms with Gasteiger partial charge in [-0.3, -0.25) is 4.90 Å². The summed E-state index contributed by atoms with van der Waals surface area (Å²) < 4.78 is 11.0. The van der Waals surface area contributed by atoms with Crippen molar-refractivity contribution in [3.05, 3.63) is 96.1 Å². The number of nitrogens with zero attached hydrogens (tertiary/aromatic N) is 1. The van der Waals surface area contributed by atoms with Gasteiger partial charge in [0.1, 0.15) is 12.7 Å². The maximum absolute atomic E-state index is 10.3. The van der Waals surface area contributed by atoms with Gasteiger partial charge in [-0.2, -0.15) is 0 Å². The van der Waals surface area contributed by atoms with Crippen LogP contribution in [0.25, 0.3) is 0 Å². The molecule has 0 aliphatic heterocycles. The van der Waals surface area contributed by atoms with Gasteiger partial charge in [-0.05, 0) is 30.3 Å².